The van der Waals surface area contributed by atoms with E-state index in [4.69, 9.17) is 11.6 Å². The normalized spacial score (nSPS) is 23.9. The Hall–Kier alpha value is -1.59. The van der Waals surface area contributed by atoms with Gasteiger partial charge in [-0.05, 0) is 30.0 Å². The van der Waals surface area contributed by atoms with Crippen LogP contribution < -0.4 is 0 Å². The Bertz CT molecular complexity index is 626. The number of likely N-dealkylation sites (N-methyl/N-ethyl adjacent to an activating group) is 1. The molecule has 2 atom stereocenters. The molecule has 0 aromatic heterocycles. The molecule has 2 fully saturated rings. The molecule has 1 aliphatic carbocycles. The largest absolute Gasteiger partial charge is 0.348 e. The summed E-state index contributed by atoms with van der Waals surface area (Å²) in [4.78, 5) is 30.1. The molecule has 2 aliphatic rings. The number of amides is 2. The Morgan fingerprint density at radius 1 is 1.21 bits per heavy atom. The quantitative estimate of drug-likeness (QED) is 0.830. The van der Waals surface area contributed by atoms with E-state index in [1.54, 1.807) is 19.0 Å². The number of halogens is 1. The molecule has 1 heterocycles. The Labute approximate surface area is 148 Å². The Kier molecular flexibility index (Phi) is 5.11. The van der Waals surface area contributed by atoms with Crippen LogP contribution in [0.5, 0.6) is 0 Å². The predicted octanol–water partition coefficient (Wildman–Crippen LogP) is 1.68. The summed E-state index contributed by atoms with van der Waals surface area (Å²) in [6, 6.07) is 7.81. The first kappa shape index (κ1) is 17.2. The van der Waals surface area contributed by atoms with Crippen molar-refractivity contribution in [2.45, 2.75) is 12.3 Å². The van der Waals surface area contributed by atoms with E-state index in [1.807, 2.05) is 23.1 Å². The molecule has 2 amide bonds. The maximum Gasteiger partial charge on any atom is 0.236 e. The molecular formula is C18H24ClN3O2. The molecule has 1 saturated carbocycles. The highest BCUT2D eigenvalue weighted by molar-refractivity contribution is 6.30. The van der Waals surface area contributed by atoms with Crippen LogP contribution in [0.1, 0.15) is 17.9 Å². The van der Waals surface area contributed by atoms with Crippen LogP contribution in [0.3, 0.4) is 0 Å². The molecule has 24 heavy (non-hydrogen) atoms. The molecule has 3 rings (SSSR count). The van der Waals surface area contributed by atoms with Crippen LogP contribution in [-0.4, -0.2) is 73.3 Å². The fourth-order valence-corrected chi connectivity index (χ4v) is 3.47. The summed E-state index contributed by atoms with van der Waals surface area (Å²) in [5.74, 6) is 0.763. The first-order valence-corrected chi connectivity index (χ1v) is 8.80. The Morgan fingerprint density at radius 3 is 2.54 bits per heavy atom. The molecule has 1 aromatic rings. The SMILES string of the molecule is CN(C)C(=O)CN1CCN(C(=O)[C@H]2C[C@@H]2c2cccc(Cl)c2)CC1. The van der Waals surface area contributed by atoms with Crippen LogP contribution in [0.2, 0.25) is 5.02 Å². The third-order valence-electron chi connectivity index (χ3n) is 4.93. The zero-order valence-electron chi connectivity index (χ0n) is 14.2. The van der Waals surface area contributed by atoms with E-state index in [0.29, 0.717) is 25.6 Å². The molecule has 0 unspecified atom stereocenters. The summed E-state index contributed by atoms with van der Waals surface area (Å²) in [7, 11) is 3.54. The van der Waals surface area contributed by atoms with Gasteiger partial charge in [0.2, 0.25) is 11.8 Å². The second-order valence-corrected chi connectivity index (χ2v) is 7.33. The number of hydrogen-bond acceptors (Lipinski definition) is 3. The minimum Gasteiger partial charge on any atom is -0.348 e. The van der Waals surface area contributed by atoms with E-state index in [1.165, 1.54) is 0 Å². The van der Waals surface area contributed by atoms with Gasteiger partial charge in [0.1, 0.15) is 0 Å². The third-order valence-corrected chi connectivity index (χ3v) is 5.16. The monoisotopic (exact) mass is 349 g/mol. The molecule has 0 N–H and O–H groups in total. The van der Waals surface area contributed by atoms with E-state index in [2.05, 4.69) is 11.0 Å². The Balaban J connectivity index is 1.49. The van der Waals surface area contributed by atoms with Crippen LogP contribution >= 0.6 is 11.6 Å². The van der Waals surface area contributed by atoms with Gasteiger partial charge in [0.05, 0.1) is 6.54 Å². The molecule has 5 nitrogen and oxygen atoms in total. The zero-order chi connectivity index (χ0) is 17.3. The van der Waals surface area contributed by atoms with Crippen LogP contribution in [-0.2, 0) is 9.59 Å². The van der Waals surface area contributed by atoms with Crippen molar-refractivity contribution in [3.63, 3.8) is 0 Å². The fraction of sp³-hybridized carbons (Fsp3) is 0.556. The third kappa shape index (κ3) is 3.90. The number of piperazine rings is 1. The number of carbonyl (C=O) groups is 2. The van der Waals surface area contributed by atoms with Crippen LogP contribution in [0.15, 0.2) is 24.3 Å². The number of nitrogens with zero attached hydrogens (tertiary/aromatic N) is 3. The molecule has 0 radical (unpaired) electrons. The maximum absolute atomic E-state index is 12.7. The summed E-state index contributed by atoms with van der Waals surface area (Å²) >= 11 is 6.04. The second-order valence-electron chi connectivity index (χ2n) is 6.89. The average molecular weight is 350 g/mol. The lowest BCUT2D eigenvalue weighted by atomic mass is 10.1. The summed E-state index contributed by atoms with van der Waals surface area (Å²) in [5, 5.41) is 0.727. The minimum absolute atomic E-state index is 0.0958. The van der Waals surface area contributed by atoms with Gasteiger partial charge in [0, 0.05) is 51.2 Å². The highest BCUT2D eigenvalue weighted by Crippen LogP contribution is 2.48. The molecule has 0 spiro atoms. The molecule has 0 bridgehead atoms. The first-order chi connectivity index (χ1) is 11.5. The molecule has 6 heteroatoms. The topological polar surface area (TPSA) is 43.9 Å². The van der Waals surface area contributed by atoms with Crippen LogP contribution in [0, 0.1) is 5.92 Å². The fourth-order valence-electron chi connectivity index (χ4n) is 3.27. The van der Waals surface area contributed by atoms with Crippen molar-refractivity contribution < 1.29 is 9.59 Å². The minimum atomic E-state index is 0.0958. The van der Waals surface area contributed by atoms with Gasteiger partial charge in [-0.3, -0.25) is 14.5 Å². The second kappa shape index (κ2) is 7.11. The molecule has 1 aromatic carbocycles. The standard InChI is InChI=1S/C18H24ClN3O2/c1-20(2)17(23)12-21-6-8-22(9-7-21)18(24)16-11-15(16)13-4-3-5-14(19)10-13/h3-5,10,15-16H,6-9,11-12H2,1-2H3/t15-,16+/m1/s1. The van der Waals surface area contributed by atoms with Crippen molar-refractivity contribution in [3.8, 4) is 0 Å². The van der Waals surface area contributed by atoms with Gasteiger partial charge < -0.3 is 9.80 Å². The van der Waals surface area contributed by atoms with Crippen molar-refractivity contribution in [1.29, 1.82) is 0 Å². The first-order valence-electron chi connectivity index (χ1n) is 8.42. The lowest BCUT2D eigenvalue weighted by molar-refractivity contribution is -0.135. The van der Waals surface area contributed by atoms with E-state index in [0.717, 1.165) is 30.1 Å². The zero-order valence-corrected chi connectivity index (χ0v) is 15.0. The molecule has 1 saturated heterocycles. The van der Waals surface area contributed by atoms with Crippen molar-refractivity contribution in [2.75, 3.05) is 46.8 Å². The van der Waals surface area contributed by atoms with Gasteiger partial charge in [-0.1, -0.05) is 23.7 Å². The number of hydrogen-bond donors (Lipinski definition) is 0. The van der Waals surface area contributed by atoms with Gasteiger partial charge in [-0.25, -0.2) is 0 Å². The Morgan fingerprint density at radius 2 is 1.92 bits per heavy atom. The average Bonchev–Trinajstić information content (AvgIpc) is 3.35. The smallest absolute Gasteiger partial charge is 0.236 e. The highest BCUT2D eigenvalue weighted by Gasteiger charge is 2.46. The van der Waals surface area contributed by atoms with Crippen molar-refractivity contribution in [2.24, 2.45) is 5.92 Å². The van der Waals surface area contributed by atoms with Crippen LogP contribution in [0.25, 0.3) is 0 Å². The van der Waals surface area contributed by atoms with Gasteiger partial charge in [-0.2, -0.15) is 0 Å². The molecule has 130 valence electrons. The molecular weight excluding hydrogens is 326 g/mol. The lowest BCUT2D eigenvalue weighted by Crippen LogP contribution is -2.51. The maximum atomic E-state index is 12.7. The van der Waals surface area contributed by atoms with Gasteiger partial charge in [-0.15, -0.1) is 0 Å². The summed E-state index contributed by atoms with van der Waals surface area (Å²) in [6.07, 6.45) is 0.915. The van der Waals surface area contributed by atoms with E-state index >= 15 is 0 Å². The van der Waals surface area contributed by atoms with Gasteiger partial charge in [0.15, 0.2) is 0 Å². The lowest BCUT2D eigenvalue weighted by Gasteiger charge is -2.35. The molecule has 1 aliphatic heterocycles. The van der Waals surface area contributed by atoms with Gasteiger partial charge >= 0.3 is 0 Å². The number of carbonyl (C=O) groups excluding carboxylic acids is 2. The summed E-state index contributed by atoms with van der Waals surface area (Å²) < 4.78 is 0. The van der Waals surface area contributed by atoms with Gasteiger partial charge in [0.25, 0.3) is 0 Å². The van der Waals surface area contributed by atoms with E-state index in [9.17, 15) is 9.59 Å². The summed E-state index contributed by atoms with van der Waals surface area (Å²) in [5.41, 5.74) is 1.16. The van der Waals surface area contributed by atoms with Crippen molar-refractivity contribution in [1.82, 2.24) is 14.7 Å². The van der Waals surface area contributed by atoms with Crippen molar-refractivity contribution >= 4 is 23.4 Å². The van der Waals surface area contributed by atoms with Crippen molar-refractivity contribution in [3.05, 3.63) is 34.9 Å². The number of rotatable bonds is 4. The van der Waals surface area contributed by atoms with E-state index in [-0.39, 0.29) is 17.7 Å². The number of benzene rings is 1. The predicted molar refractivity (Wildman–Crippen MR) is 94.0 cm³/mol. The van der Waals surface area contributed by atoms with Crippen LogP contribution in [0.4, 0.5) is 0 Å². The summed E-state index contributed by atoms with van der Waals surface area (Å²) in [6.45, 7) is 3.37. The van der Waals surface area contributed by atoms with E-state index < -0.39 is 0 Å². The highest BCUT2D eigenvalue weighted by atomic mass is 35.5.